The minimum Gasteiger partial charge on any atom is -0.384 e. The van der Waals surface area contributed by atoms with Crippen molar-refractivity contribution >= 4 is 17.6 Å². The van der Waals surface area contributed by atoms with E-state index in [1.54, 1.807) is 42.6 Å². The predicted molar refractivity (Wildman–Crippen MR) is 95.6 cm³/mol. The van der Waals surface area contributed by atoms with Crippen LogP contribution in [0.1, 0.15) is 16.7 Å². The largest absolute Gasteiger partial charge is 0.384 e. The summed E-state index contributed by atoms with van der Waals surface area (Å²) in [6.45, 7) is 0. The van der Waals surface area contributed by atoms with Crippen LogP contribution in [0.3, 0.4) is 0 Å². The van der Waals surface area contributed by atoms with Crippen molar-refractivity contribution < 1.29 is 0 Å². The van der Waals surface area contributed by atoms with E-state index in [1.165, 1.54) is 0 Å². The maximum absolute atomic E-state index is 9.08. The van der Waals surface area contributed by atoms with Crippen molar-refractivity contribution in [3.8, 4) is 29.2 Å². The number of nitrogens with two attached hydrogens (primary N) is 3. The fourth-order valence-corrected chi connectivity index (χ4v) is 2.18. The molecule has 0 fully saturated rings. The van der Waals surface area contributed by atoms with Crippen molar-refractivity contribution in [1.29, 1.82) is 5.26 Å². The predicted octanol–water partition coefficient (Wildman–Crippen LogP) is 1.56. The van der Waals surface area contributed by atoms with E-state index in [9.17, 15) is 0 Å². The summed E-state index contributed by atoms with van der Waals surface area (Å²) < 4.78 is 0. The number of rotatable bonds is 1. The molecule has 3 aromatic rings. The lowest BCUT2D eigenvalue weighted by Crippen LogP contribution is -2.05. The molecule has 25 heavy (non-hydrogen) atoms. The van der Waals surface area contributed by atoms with Gasteiger partial charge in [0.1, 0.15) is 11.6 Å². The van der Waals surface area contributed by atoms with Crippen molar-refractivity contribution in [2.24, 2.45) is 0 Å². The zero-order chi connectivity index (χ0) is 17.8. The zero-order valence-corrected chi connectivity index (χ0v) is 13.1. The second-order valence-corrected chi connectivity index (χ2v) is 5.11. The molecule has 0 aliphatic heterocycles. The molecule has 0 radical (unpaired) electrons. The lowest BCUT2D eigenvalue weighted by Gasteiger charge is -2.07. The van der Waals surface area contributed by atoms with Crippen LogP contribution in [0.2, 0.25) is 0 Å². The number of hydrogen-bond donors (Lipinski definition) is 3. The van der Waals surface area contributed by atoms with E-state index in [0.717, 1.165) is 0 Å². The van der Waals surface area contributed by atoms with Gasteiger partial charge < -0.3 is 17.2 Å². The van der Waals surface area contributed by atoms with Crippen LogP contribution in [0, 0.1) is 23.2 Å². The molecule has 0 atom stereocenters. The first kappa shape index (κ1) is 15.8. The van der Waals surface area contributed by atoms with Crippen molar-refractivity contribution in [2.75, 3.05) is 17.2 Å². The highest BCUT2D eigenvalue weighted by atomic mass is 15.0. The lowest BCUT2D eigenvalue weighted by atomic mass is 10.0. The molecule has 0 aliphatic rings. The number of nitrogen functional groups attached to an aromatic ring is 3. The Morgan fingerprint density at radius 2 is 1.76 bits per heavy atom. The first-order valence-electron chi connectivity index (χ1n) is 7.24. The van der Waals surface area contributed by atoms with E-state index < -0.39 is 0 Å². The molecule has 2 aromatic heterocycles. The zero-order valence-electron chi connectivity index (χ0n) is 13.1. The third kappa shape index (κ3) is 3.46. The Morgan fingerprint density at radius 3 is 2.48 bits per heavy atom. The minimum absolute atomic E-state index is 0.0366. The van der Waals surface area contributed by atoms with Crippen molar-refractivity contribution in [3.05, 3.63) is 59.3 Å². The van der Waals surface area contributed by atoms with E-state index in [4.69, 9.17) is 22.5 Å². The van der Waals surface area contributed by atoms with Gasteiger partial charge in [-0.1, -0.05) is 24.0 Å². The molecular formula is C18H13N7. The molecular weight excluding hydrogens is 314 g/mol. The number of nitriles is 1. The van der Waals surface area contributed by atoms with Gasteiger partial charge >= 0.3 is 0 Å². The second-order valence-electron chi connectivity index (χ2n) is 5.11. The highest BCUT2D eigenvalue weighted by molar-refractivity contribution is 5.75. The molecule has 120 valence electrons. The SMILES string of the molecule is N#Cc1cccc(-c2nc(N)nc(N)c2C#Cc2ccc(N)nc2)c1. The third-order valence-corrected chi connectivity index (χ3v) is 3.34. The van der Waals surface area contributed by atoms with Gasteiger partial charge in [-0.25, -0.2) is 9.97 Å². The highest BCUT2D eigenvalue weighted by Crippen LogP contribution is 2.26. The molecule has 1 aromatic carbocycles. The summed E-state index contributed by atoms with van der Waals surface area (Å²) in [5.41, 5.74) is 20.0. The molecule has 0 unspecified atom stereocenters. The Morgan fingerprint density at radius 1 is 0.920 bits per heavy atom. The Kier molecular flexibility index (Phi) is 4.15. The van der Waals surface area contributed by atoms with Gasteiger partial charge in [-0.05, 0) is 24.3 Å². The van der Waals surface area contributed by atoms with E-state index in [-0.39, 0.29) is 11.8 Å². The average Bonchev–Trinajstić information content (AvgIpc) is 2.62. The van der Waals surface area contributed by atoms with Gasteiger partial charge in [0.2, 0.25) is 5.95 Å². The van der Waals surface area contributed by atoms with Crippen LogP contribution in [0.4, 0.5) is 17.6 Å². The van der Waals surface area contributed by atoms with Crippen molar-refractivity contribution in [3.63, 3.8) is 0 Å². The Bertz CT molecular complexity index is 1040. The number of pyridine rings is 1. The molecule has 0 amide bonds. The van der Waals surface area contributed by atoms with Crippen molar-refractivity contribution in [2.45, 2.75) is 0 Å². The van der Waals surface area contributed by atoms with Gasteiger partial charge in [-0.3, -0.25) is 0 Å². The molecule has 6 N–H and O–H groups in total. The molecule has 2 heterocycles. The first-order chi connectivity index (χ1) is 12.1. The number of hydrogen-bond acceptors (Lipinski definition) is 7. The normalized spacial score (nSPS) is 9.72. The smallest absolute Gasteiger partial charge is 0.222 e. The monoisotopic (exact) mass is 327 g/mol. The fourth-order valence-electron chi connectivity index (χ4n) is 2.18. The minimum atomic E-state index is 0.0366. The first-order valence-corrected chi connectivity index (χ1v) is 7.24. The summed E-state index contributed by atoms with van der Waals surface area (Å²) in [7, 11) is 0. The van der Waals surface area contributed by atoms with E-state index in [0.29, 0.717) is 33.8 Å². The Labute approximate surface area is 144 Å². The van der Waals surface area contributed by atoms with Crippen molar-refractivity contribution in [1.82, 2.24) is 15.0 Å². The molecule has 7 nitrogen and oxygen atoms in total. The van der Waals surface area contributed by atoms with Gasteiger partial charge in [0.25, 0.3) is 0 Å². The molecule has 0 spiro atoms. The van der Waals surface area contributed by atoms with Crippen LogP contribution < -0.4 is 17.2 Å². The van der Waals surface area contributed by atoms with Crippen LogP contribution in [-0.2, 0) is 0 Å². The number of anilines is 3. The van der Waals surface area contributed by atoms with Gasteiger partial charge in [0, 0.05) is 17.3 Å². The number of aromatic nitrogens is 3. The summed E-state index contributed by atoms with van der Waals surface area (Å²) in [6.07, 6.45) is 1.56. The standard InChI is InChI=1S/C18H13N7/c19-9-12-2-1-3-13(8-12)16-14(17(21)25-18(22)24-16)6-4-11-5-7-15(20)23-10-11/h1-3,5,7-8,10H,(H2,20,23)(H4,21,22,24,25). The van der Waals surface area contributed by atoms with Gasteiger partial charge in [-0.2, -0.15) is 10.2 Å². The van der Waals surface area contributed by atoms with Crippen LogP contribution in [0.15, 0.2) is 42.6 Å². The number of benzene rings is 1. The molecule has 0 saturated heterocycles. The fraction of sp³-hybridized carbons (Fsp3) is 0. The molecule has 0 bridgehead atoms. The van der Waals surface area contributed by atoms with Gasteiger partial charge in [-0.15, -0.1) is 0 Å². The maximum Gasteiger partial charge on any atom is 0.222 e. The Hall–Kier alpha value is -4.10. The lowest BCUT2D eigenvalue weighted by molar-refractivity contribution is 1.19. The van der Waals surface area contributed by atoms with Crippen LogP contribution >= 0.6 is 0 Å². The van der Waals surface area contributed by atoms with E-state index >= 15 is 0 Å². The molecule has 3 rings (SSSR count). The van der Waals surface area contributed by atoms with Gasteiger partial charge in [0.05, 0.1) is 22.9 Å². The van der Waals surface area contributed by atoms with Crippen LogP contribution in [0.5, 0.6) is 0 Å². The highest BCUT2D eigenvalue weighted by Gasteiger charge is 2.12. The molecule has 7 heteroatoms. The Balaban J connectivity index is 2.14. The summed E-state index contributed by atoms with van der Waals surface area (Å²) >= 11 is 0. The van der Waals surface area contributed by atoms with Crippen LogP contribution in [-0.4, -0.2) is 15.0 Å². The van der Waals surface area contributed by atoms with E-state index in [2.05, 4.69) is 32.9 Å². The summed E-state index contributed by atoms with van der Waals surface area (Å²) in [4.78, 5) is 12.2. The maximum atomic E-state index is 9.08. The number of nitrogens with zero attached hydrogens (tertiary/aromatic N) is 4. The summed E-state index contributed by atoms with van der Waals surface area (Å²) in [5, 5.41) is 9.08. The average molecular weight is 327 g/mol. The van der Waals surface area contributed by atoms with Gasteiger partial charge in [0.15, 0.2) is 0 Å². The second kappa shape index (κ2) is 6.57. The summed E-state index contributed by atoms with van der Waals surface area (Å²) in [5.74, 6) is 6.53. The third-order valence-electron chi connectivity index (χ3n) is 3.34. The van der Waals surface area contributed by atoms with E-state index in [1.807, 2.05) is 0 Å². The van der Waals surface area contributed by atoms with Crippen LogP contribution in [0.25, 0.3) is 11.3 Å². The molecule has 0 aliphatic carbocycles. The molecule has 0 saturated carbocycles. The topological polar surface area (TPSA) is 141 Å². The quantitative estimate of drug-likeness (QED) is 0.576. The summed E-state index contributed by atoms with van der Waals surface area (Å²) in [6, 6.07) is 12.4.